The van der Waals surface area contributed by atoms with Crippen molar-refractivity contribution in [1.82, 2.24) is 4.98 Å². The van der Waals surface area contributed by atoms with E-state index in [0.29, 0.717) is 0 Å². The molecule has 2 heteroatoms. The lowest BCUT2D eigenvalue weighted by atomic mass is 10.1. The first-order valence-corrected chi connectivity index (χ1v) is 3.93. The van der Waals surface area contributed by atoms with E-state index in [2.05, 4.69) is 11.1 Å². The molecule has 1 heterocycles. The molecule has 0 aliphatic heterocycles. The Balaban J connectivity index is 2.38. The molecule has 0 amide bonds. The molecule has 1 aromatic rings. The molecule has 0 spiro atoms. The van der Waals surface area contributed by atoms with Crippen molar-refractivity contribution < 1.29 is 0 Å². The van der Waals surface area contributed by atoms with Gasteiger partial charge in [-0.1, -0.05) is 0 Å². The minimum atomic E-state index is -0.00625. The number of nitrogens with zero attached hydrogens (tertiary/aromatic N) is 1. The van der Waals surface area contributed by atoms with Crippen LogP contribution in [-0.2, 0) is 5.54 Å². The van der Waals surface area contributed by atoms with Crippen molar-refractivity contribution in [3.05, 3.63) is 29.6 Å². The highest BCUT2D eigenvalue weighted by Gasteiger charge is 2.39. The van der Waals surface area contributed by atoms with Gasteiger partial charge in [0.05, 0.1) is 0 Å². The second-order valence-electron chi connectivity index (χ2n) is 3.34. The minimum absolute atomic E-state index is 0.00625. The van der Waals surface area contributed by atoms with E-state index >= 15 is 0 Å². The van der Waals surface area contributed by atoms with E-state index in [-0.39, 0.29) is 5.54 Å². The molecule has 0 bridgehead atoms. The molecule has 2 nitrogen and oxygen atoms in total. The SMILES string of the molecule is Cc1cc(C2(N)CC2)ccn1. The largest absolute Gasteiger partial charge is 0.321 e. The highest BCUT2D eigenvalue weighted by molar-refractivity contribution is 5.29. The first-order chi connectivity index (χ1) is 5.21. The van der Waals surface area contributed by atoms with Crippen LogP contribution in [0, 0.1) is 6.92 Å². The summed E-state index contributed by atoms with van der Waals surface area (Å²) in [5.74, 6) is 0. The van der Waals surface area contributed by atoms with E-state index in [1.165, 1.54) is 5.56 Å². The molecule has 1 aliphatic rings. The molecule has 1 aliphatic carbocycles. The molecule has 0 atom stereocenters. The summed E-state index contributed by atoms with van der Waals surface area (Å²) in [5, 5.41) is 0. The monoisotopic (exact) mass is 148 g/mol. The molecule has 2 rings (SSSR count). The molecular formula is C9H12N2. The molecule has 1 aromatic heterocycles. The predicted octanol–water partition coefficient (Wildman–Crippen LogP) is 1.34. The Morgan fingerprint density at radius 3 is 2.82 bits per heavy atom. The van der Waals surface area contributed by atoms with Crippen molar-refractivity contribution in [1.29, 1.82) is 0 Å². The first kappa shape index (κ1) is 6.80. The van der Waals surface area contributed by atoms with Gasteiger partial charge in [-0.2, -0.15) is 0 Å². The lowest BCUT2D eigenvalue weighted by Crippen LogP contribution is -2.18. The Labute approximate surface area is 66.4 Å². The summed E-state index contributed by atoms with van der Waals surface area (Å²) < 4.78 is 0. The first-order valence-electron chi connectivity index (χ1n) is 3.93. The third kappa shape index (κ3) is 1.14. The molecule has 11 heavy (non-hydrogen) atoms. The van der Waals surface area contributed by atoms with Gasteiger partial charge in [0.15, 0.2) is 0 Å². The molecule has 1 saturated carbocycles. The van der Waals surface area contributed by atoms with Crippen LogP contribution in [0.4, 0.5) is 0 Å². The molecule has 1 fully saturated rings. The summed E-state index contributed by atoms with van der Waals surface area (Å²) in [4.78, 5) is 4.13. The molecule has 0 aromatic carbocycles. The number of aryl methyl sites for hydroxylation is 1. The number of nitrogens with two attached hydrogens (primary N) is 1. The van der Waals surface area contributed by atoms with Crippen LogP contribution in [0.1, 0.15) is 24.1 Å². The number of rotatable bonds is 1. The lowest BCUT2D eigenvalue weighted by molar-refractivity contribution is 0.736. The lowest BCUT2D eigenvalue weighted by Gasteiger charge is -2.08. The maximum Gasteiger partial charge on any atom is 0.0412 e. The van der Waals surface area contributed by atoms with E-state index in [1.54, 1.807) is 0 Å². The summed E-state index contributed by atoms with van der Waals surface area (Å²) >= 11 is 0. The zero-order chi connectivity index (χ0) is 7.90. The number of pyridine rings is 1. The van der Waals surface area contributed by atoms with Crippen molar-refractivity contribution in [3.63, 3.8) is 0 Å². The average Bonchev–Trinajstić information content (AvgIpc) is 2.70. The van der Waals surface area contributed by atoms with Crippen LogP contribution in [0.15, 0.2) is 18.3 Å². The van der Waals surface area contributed by atoms with Crippen LogP contribution in [0.25, 0.3) is 0 Å². The Bertz CT molecular complexity index is 277. The van der Waals surface area contributed by atoms with E-state index in [1.807, 2.05) is 19.2 Å². The topological polar surface area (TPSA) is 38.9 Å². The minimum Gasteiger partial charge on any atom is -0.321 e. The van der Waals surface area contributed by atoms with Crippen LogP contribution in [0.2, 0.25) is 0 Å². The fourth-order valence-corrected chi connectivity index (χ4v) is 1.28. The second-order valence-corrected chi connectivity index (χ2v) is 3.34. The van der Waals surface area contributed by atoms with Gasteiger partial charge >= 0.3 is 0 Å². The summed E-state index contributed by atoms with van der Waals surface area (Å²) in [6, 6.07) is 4.09. The Morgan fingerprint density at radius 2 is 2.27 bits per heavy atom. The van der Waals surface area contributed by atoms with Crippen LogP contribution in [0.3, 0.4) is 0 Å². The van der Waals surface area contributed by atoms with Crippen LogP contribution >= 0.6 is 0 Å². The zero-order valence-corrected chi connectivity index (χ0v) is 6.67. The molecule has 0 unspecified atom stereocenters. The third-order valence-corrected chi connectivity index (χ3v) is 2.26. The number of hydrogen-bond donors (Lipinski definition) is 1. The maximum atomic E-state index is 6.01. The normalized spacial score (nSPS) is 19.8. The highest BCUT2D eigenvalue weighted by Crippen LogP contribution is 2.42. The molecular weight excluding hydrogens is 136 g/mol. The Morgan fingerprint density at radius 1 is 1.55 bits per heavy atom. The number of hydrogen-bond acceptors (Lipinski definition) is 2. The van der Waals surface area contributed by atoms with Gasteiger partial charge in [0.2, 0.25) is 0 Å². The fraction of sp³-hybridized carbons (Fsp3) is 0.444. The van der Waals surface area contributed by atoms with Gasteiger partial charge in [0, 0.05) is 17.4 Å². The van der Waals surface area contributed by atoms with Crippen LogP contribution in [-0.4, -0.2) is 4.98 Å². The van der Waals surface area contributed by atoms with Gasteiger partial charge in [0.1, 0.15) is 0 Å². The van der Waals surface area contributed by atoms with E-state index in [0.717, 1.165) is 18.5 Å². The van der Waals surface area contributed by atoms with Crippen LogP contribution in [0.5, 0.6) is 0 Å². The van der Waals surface area contributed by atoms with Gasteiger partial charge in [-0.15, -0.1) is 0 Å². The summed E-state index contributed by atoms with van der Waals surface area (Å²) in [7, 11) is 0. The maximum absolute atomic E-state index is 6.01. The predicted molar refractivity (Wildman–Crippen MR) is 44.1 cm³/mol. The molecule has 0 saturated heterocycles. The second kappa shape index (κ2) is 2.05. The molecule has 0 radical (unpaired) electrons. The van der Waals surface area contributed by atoms with Gasteiger partial charge in [-0.25, -0.2) is 0 Å². The van der Waals surface area contributed by atoms with Gasteiger partial charge in [0.25, 0.3) is 0 Å². The van der Waals surface area contributed by atoms with Crippen molar-refractivity contribution in [2.45, 2.75) is 25.3 Å². The third-order valence-electron chi connectivity index (χ3n) is 2.26. The van der Waals surface area contributed by atoms with Crippen LogP contribution < -0.4 is 5.73 Å². The van der Waals surface area contributed by atoms with E-state index in [4.69, 9.17) is 5.73 Å². The average molecular weight is 148 g/mol. The van der Waals surface area contributed by atoms with Crippen molar-refractivity contribution in [2.75, 3.05) is 0 Å². The molecule has 2 N–H and O–H groups in total. The van der Waals surface area contributed by atoms with E-state index < -0.39 is 0 Å². The van der Waals surface area contributed by atoms with Crippen molar-refractivity contribution in [3.8, 4) is 0 Å². The van der Waals surface area contributed by atoms with Gasteiger partial charge in [-0.05, 0) is 37.5 Å². The summed E-state index contributed by atoms with van der Waals surface area (Å²) in [5.41, 5.74) is 8.30. The highest BCUT2D eigenvalue weighted by atomic mass is 14.8. The Kier molecular flexibility index (Phi) is 1.26. The van der Waals surface area contributed by atoms with Gasteiger partial charge < -0.3 is 5.73 Å². The Hall–Kier alpha value is -0.890. The molecule has 58 valence electrons. The quantitative estimate of drug-likeness (QED) is 0.652. The number of aromatic nitrogens is 1. The van der Waals surface area contributed by atoms with Crippen molar-refractivity contribution >= 4 is 0 Å². The fourth-order valence-electron chi connectivity index (χ4n) is 1.28. The van der Waals surface area contributed by atoms with Gasteiger partial charge in [-0.3, -0.25) is 4.98 Å². The standard InChI is InChI=1S/C9H12N2/c1-7-6-8(2-5-11-7)9(10)3-4-9/h2,5-6H,3-4,10H2,1H3. The zero-order valence-electron chi connectivity index (χ0n) is 6.67. The van der Waals surface area contributed by atoms with Crippen molar-refractivity contribution in [2.24, 2.45) is 5.73 Å². The smallest absolute Gasteiger partial charge is 0.0412 e. The van der Waals surface area contributed by atoms with E-state index in [9.17, 15) is 0 Å². The summed E-state index contributed by atoms with van der Waals surface area (Å²) in [6.45, 7) is 2.00. The summed E-state index contributed by atoms with van der Waals surface area (Å²) in [6.07, 6.45) is 4.07.